The van der Waals surface area contributed by atoms with Crippen LogP contribution < -0.4 is 5.32 Å². The highest BCUT2D eigenvalue weighted by molar-refractivity contribution is 7.80. The molecule has 21 heavy (non-hydrogen) atoms. The fourth-order valence-electron chi connectivity index (χ4n) is 1.17. The molecule has 1 amide bonds. The SMILES string of the molecule is CCCCCNC(=O)C=CCCN(C)C.COS(=O)(=O)O. The zero-order chi connectivity index (χ0) is 16.7. The molecular weight excluding hydrogens is 296 g/mol. The van der Waals surface area contributed by atoms with Crippen molar-refractivity contribution in [1.82, 2.24) is 10.2 Å². The number of nitrogens with zero attached hydrogens (tertiary/aromatic N) is 1. The second-order valence-electron chi connectivity index (χ2n) is 4.59. The predicted molar refractivity (Wildman–Crippen MR) is 83.4 cm³/mol. The maximum Gasteiger partial charge on any atom is 0.397 e. The first-order valence-electron chi connectivity index (χ1n) is 6.85. The molecule has 0 heterocycles. The summed E-state index contributed by atoms with van der Waals surface area (Å²) in [5.74, 6) is 0.0323. The minimum Gasteiger partial charge on any atom is -0.353 e. The molecule has 0 unspecified atom stereocenters. The topological polar surface area (TPSA) is 95.9 Å². The van der Waals surface area contributed by atoms with E-state index in [4.69, 9.17) is 4.55 Å². The van der Waals surface area contributed by atoms with Gasteiger partial charge in [0.2, 0.25) is 5.91 Å². The number of hydrogen-bond acceptors (Lipinski definition) is 5. The van der Waals surface area contributed by atoms with Gasteiger partial charge in [0.15, 0.2) is 0 Å². The molecule has 2 N–H and O–H groups in total. The van der Waals surface area contributed by atoms with E-state index in [9.17, 15) is 13.2 Å². The fraction of sp³-hybridized carbons (Fsp3) is 0.769. The third-order valence-corrected chi connectivity index (χ3v) is 2.72. The van der Waals surface area contributed by atoms with Crippen LogP contribution in [0.1, 0.15) is 32.6 Å². The third-order valence-electron chi connectivity index (χ3n) is 2.30. The van der Waals surface area contributed by atoms with E-state index in [1.165, 1.54) is 12.8 Å². The van der Waals surface area contributed by atoms with Gasteiger partial charge < -0.3 is 10.2 Å². The van der Waals surface area contributed by atoms with Crippen molar-refractivity contribution in [3.63, 3.8) is 0 Å². The molecule has 0 aliphatic carbocycles. The number of hydrogen-bond donors (Lipinski definition) is 2. The van der Waals surface area contributed by atoms with Crippen molar-refractivity contribution < 1.29 is 21.9 Å². The maximum atomic E-state index is 11.2. The first-order chi connectivity index (χ1) is 9.72. The summed E-state index contributed by atoms with van der Waals surface area (Å²) in [6.45, 7) is 3.94. The molecule has 0 saturated carbocycles. The van der Waals surface area contributed by atoms with Gasteiger partial charge in [-0.1, -0.05) is 25.8 Å². The van der Waals surface area contributed by atoms with Gasteiger partial charge in [-0.15, -0.1) is 0 Å². The molecule has 0 atom stereocenters. The fourth-order valence-corrected chi connectivity index (χ4v) is 1.17. The molecule has 0 fully saturated rings. The van der Waals surface area contributed by atoms with Crippen molar-refractivity contribution >= 4 is 16.3 Å². The highest BCUT2D eigenvalue weighted by Gasteiger charge is 1.94. The Balaban J connectivity index is 0. The van der Waals surface area contributed by atoms with Gasteiger partial charge >= 0.3 is 10.4 Å². The van der Waals surface area contributed by atoms with Crippen molar-refractivity contribution in [3.8, 4) is 0 Å². The molecule has 8 heteroatoms. The van der Waals surface area contributed by atoms with Gasteiger partial charge in [0.05, 0.1) is 7.11 Å². The summed E-state index contributed by atoms with van der Waals surface area (Å²) in [5.41, 5.74) is 0. The Kier molecular flexibility index (Phi) is 14.9. The van der Waals surface area contributed by atoms with Crippen LogP contribution in [-0.2, 0) is 19.4 Å². The highest BCUT2D eigenvalue weighted by Crippen LogP contribution is 1.91. The lowest BCUT2D eigenvalue weighted by atomic mass is 10.2. The molecule has 7 nitrogen and oxygen atoms in total. The Morgan fingerprint density at radius 3 is 2.33 bits per heavy atom. The number of carbonyl (C=O) groups excluding carboxylic acids is 1. The van der Waals surface area contributed by atoms with E-state index in [0.717, 1.165) is 33.0 Å². The molecule has 0 aromatic heterocycles. The average Bonchev–Trinajstić information content (AvgIpc) is 2.39. The summed E-state index contributed by atoms with van der Waals surface area (Å²) in [6.07, 6.45) is 7.94. The number of carbonyl (C=O) groups is 1. The van der Waals surface area contributed by atoms with Gasteiger partial charge in [-0.2, -0.15) is 8.42 Å². The van der Waals surface area contributed by atoms with Crippen LogP contribution >= 0.6 is 0 Å². The Morgan fingerprint density at radius 1 is 1.33 bits per heavy atom. The summed E-state index contributed by atoms with van der Waals surface area (Å²) in [4.78, 5) is 13.3. The van der Waals surface area contributed by atoms with Gasteiger partial charge in [0.1, 0.15) is 0 Å². The maximum absolute atomic E-state index is 11.2. The van der Waals surface area contributed by atoms with Crippen LogP contribution in [0.25, 0.3) is 0 Å². The minimum absolute atomic E-state index is 0.0323. The van der Waals surface area contributed by atoms with E-state index in [-0.39, 0.29) is 5.91 Å². The molecule has 0 rings (SSSR count). The first-order valence-corrected chi connectivity index (χ1v) is 8.21. The zero-order valence-electron chi connectivity index (χ0n) is 13.3. The Labute approximate surface area is 128 Å². The molecular formula is C13H28N2O5S. The van der Waals surface area contributed by atoms with Gasteiger partial charge in [-0.25, -0.2) is 0 Å². The summed E-state index contributed by atoms with van der Waals surface area (Å²) in [7, 11) is 0.761. The van der Waals surface area contributed by atoms with Crippen molar-refractivity contribution in [3.05, 3.63) is 12.2 Å². The molecule has 0 aliphatic rings. The van der Waals surface area contributed by atoms with Gasteiger partial charge in [-0.3, -0.25) is 13.5 Å². The van der Waals surface area contributed by atoms with Crippen molar-refractivity contribution in [1.29, 1.82) is 0 Å². The van der Waals surface area contributed by atoms with E-state index in [1.54, 1.807) is 6.08 Å². The molecule has 0 saturated heterocycles. The van der Waals surface area contributed by atoms with Crippen LogP contribution in [0.2, 0.25) is 0 Å². The summed E-state index contributed by atoms with van der Waals surface area (Å²) in [5, 5.41) is 2.87. The number of rotatable bonds is 9. The largest absolute Gasteiger partial charge is 0.397 e. The van der Waals surface area contributed by atoms with Gasteiger partial charge in [-0.05, 0) is 33.0 Å². The molecule has 0 radical (unpaired) electrons. The first kappa shape index (κ1) is 22.3. The molecule has 0 bridgehead atoms. The quantitative estimate of drug-likeness (QED) is 0.376. The van der Waals surface area contributed by atoms with Crippen LogP contribution in [0.4, 0.5) is 0 Å². The molecule has 0 aliphatic heterocycles. The van der Waals surface area contributed by atoms with Crippen molar-refractivity contribution in [2.45, 2.75) is 32.6 Å². The van der Waals surface area contributed by atoms with Crippen LogP contribution in [-0.4, -0.2) is 58.1 Å². The second kappa shape index (κ2) is 14.0. The van der Waals surface area contributed by atoms with Crippen molar-refractivity contribution in [2.75, 3.05) is 34.3 Å². The van der Waals surface area contributed by atoms with E-state index < -0.39 is 10.4 Å². The van der Waals surface area contributed by atoms with Crippen LogP contribution in [0, 0.1) is 0 Å². The third kappa shape index (κ3) is 24.4. The molecule has 0 aromatic carbocycles. The second-order valence-corrected chi connectivity index (χ2v) is 5.78. The standard InChI is InChI=1S/C12H24N2O.CH4O4S/c1-4-5-7-10-13-12(15)9-6-8-11-14(2)3;1-5-6(2,3)4/h6,9H,4-5,7-8,10-11H2,1-3H3,(H,13,15);1H3,(H,2,3,4). The summed E-state index contributed by atoms with van der Waals surface area (Å²) in [6, 6.07) is 0. The monoisotopic (exact) mass is 324 g/mol. The van der Waals surface area contributed by atoms with E-state index in [0.29, 0.717) is 0 Å². The van der Waals surface area contributed by atoms with Gasteiger partial charge in [0, 0.05) is 13.1 Å². The number of unbranched alkanes of at least 4 members (excludes halogenated alkanes) is 2. The Morgan fingerprint density at radius 2 is 1.90 bits per heavy atom. The van der Waals surface area contributed by atoms with E-state index in [1.807, 2.05) is 20.2 Å². The lowest BCUT2D eigenvalue weighted by Gasteiger charge is -2.05. The van der Waals surface area contributed by atoms with Crippen LogP contribution in [0.5, 0.6) is 0 Å². The van der Waals surface area contributed by atoms with Gasteiger partial charge in [0.25, 0.3) is 0 Å². The lowest BCUT2D eigenvalue weighted by Crippen LogP contribution is -2.22. The summed E-state index contributed by atoms with van der Waals surface area (Å²) >= 11 is 0. The van der Waals surface area contributed by atoms with E-state index in [2.05, 4.69) is 21.3 Å². The van der Waals surface area contributed by atoms with Crippen LogP contribution in [0.3, 0.4) is 0 Å². The Hall–Kier alpha value is -0.960. The summed E-state index contributed by atoms with van der Waals surface area (Å²) < 4.78 is 29.7. The molecule has 0 aromatic rings. The molecule has 0 spiro atoms. The number of nitrogens with one attached hydrogen (secondary N) is 1. The van der Waals surface area contributed by atoms with Crippen LogP contribution in [0.15, 0.2) is 12.2 Å². The average molecular weight is 324 g/mol. The normalized spacial score (nSPS) is 11.3. The number of amides is 1. The Bertz CT molecular complexity index is 380. The highest BCUT2D eigenvalue weighted by atomic mass is 32.3. The van der Waals surface area contributed by atoms with Crippen molar-refractivity contribution in [2.24, 2.45) is 0 Å². The lowest BCUT2D eigenvalue weighted by molar-refractivity contribution is -0.116. The smallest absolute Gasteiger partial charge is 0.353 e. The van der Waals surface area contributed by atoms with E-state index >= 15 is 0 Å². The zero-order valence-corrected chi connectivity index (χ0v) is 14.1. The minimum atomic E-state index is -4.16. The molecule has 126 valence electrons. The predicted octanol–water partition coefficient (Wildman–Crippen LogP) is 1.24.